The number of rotatable bonds is 10. The van der Waals surface area contributed by atoms with Gasteiger partial charge in [-0.25, -0.2) is 13.6 Å². The number of nitrogens with zero attached hydrogens (tertiary/aromatic N) is 3. The van der Waals surface area contributed by atoms with Gasteiger partial charge in [0.05, 0.1) is 22.8 Å². The van der Waals surface area contributed by atoms with Gasteiger partial charge >= 0.3 is 5.97 Å². The average Bonchev–Trinajstić information content (AvgIpc) is 3.33. The second-order valence-electron chi connectivity index (χ2n) is 7.42. The van der Waals surface area contributed by atoms with Crippen LogP contribution in [0.5, 0.6) is 5.75 Å². The third-order valence-corrected chi connectivity index (χ3v) is 7.11. The molecule has 0 saturated carbocycles. The first-order valence-electron chi connectivity index (χ1n) is 10.6. The molecule has 2 aromatic heterocycles. The molecule has 0 fully saturated rings. The molecule has 0 aliphatic heterocycles. The Kier molecular flexibility index (Phi) is 8.63. The number of thiophene rings is 1. The van der Waals surface area contributed by atoms with Crippen LogP contribution in [0.4, 0.5) is 13.8 Å². The predicted molar refractivity (Wildman–Crippen MR) is 129 cm³/mol. The van der Waals surface area contributed by atoms with Gasteiger partial charge in [-0.2, -0.15) is 0 Å². The second kappa shape index (κ2) is 11.5. The van der Waals surface area contributed by atoms with Crippen LogP contribution in [-0.2, 0) is 16.6 Å². The molecule has 0 saturated heterocycles. The van der Waals surface area contributed by atoms with E-state index in [9.17, 15) is 23.2 Å². The van der Waals surface area contributed by atoms with Gasteiger partial charge in [-0.15, -0.1) is 21.5 Å². The zero-order valence-corrected chi connectivity index (χ0v) is 21.4. The van der Waals surface area contributed by atoms with Gasteiger partial charge in [-0.1, -0.05) is 11.8 Å². The van der Waals surface area contributed by atoms with E-state index in [1.807, 2.05) is 0 Å². The van der Waals surface area contributed by atoms with E-state index in [2.05, 4.69) is 15.5 Å². The van der Waals surface area contributed by atoms with Gasteiger partial charge < -0.3 is 25.1 Å². The van der Waals surface area contributed by atoms with Crippen LogP contribution < -0.4 is 15.8 Å². The number of hydrogen-bond acceptors (Lipinski definition) is 9. The van der Waals surface area contributed by atoms with Crippen molar-refractivity contribution in [3.05, 3.63) is 51.7 Å². The van der Waals surface area contributed by atoms with Crippen LogP contribution in [0.3, 0.4) is 0 Å². The largest absolute Gasteiger partial charge is 0.480 e. The molecule has 0 aliphatic rings. The summed E-state index contributed by atoms with van der Waals surface area (Å²) in [6, 6.07) is 2.97. The number of esters is 1. The minimum absolute atomic E-state index is 0.0777. The summed E-state index contributed by atoms with van der Waals surface area (Å²) < 4.78 is 39.2. The molecule has 1 unspecified atom stereocenters. The molecule has 10 nitrogen and oxygen atoms in total. The molecule has 14 heteroatoms. The third kappa shape index (κ3) is 5.99. The minimum Gasteiger partial charge on any atom is -0.480 e. The number of primary amides is 1. The van der Waals surface area contributed by atoms with E-state index in [4.69, 9.17) is 15.2 Å². The lowest BCUT2D eigenvalue weighted by atomic mass is 10.1. The Hall–Kier alpha value is -3.52. The average molecular weight is 540 g/mol. The monoisotopic (exact) mass is 539 g/mol. The Balaban J connectivity index is 1.68. The number of nitrogens with one attached hydrogen (secondary N) is 1. The molecular formula is C22H23F2N5O5S2. The lowest BCUT2D eigenvalue weighted by molar-refractivity contribution is -0.113. The normalized spacial score (nSPS) is 11.7. The summed E-state index contributed by atoms with van der Waals surface area (Å²) in [5, 5.41) is 11.2. The number of amides is 2. The maximum atomic E-state index is 13.9. The maximum absolute atomic E-state index is 13.9. The molecular weight excluding hydrogens is 516 g/mol. The number of thioether (sulfide) groups is 1. The van der Waals surface area contributed by atoms with Gasteiger partial charge in [0.25, 0.3) is 5.91 Å². The van der Waals surface area contributed by atoms with Crippen LogP contribution in [-0.4, -0.2) is 44.9 Å². The zero-order chi connectivity index (χ0) is 26.6. The fraction of sp³-hybridized carbons (Fsp3) is 0.318. The Morgan fingerprint density at radius 3 is 2.64 bits per heavy atom. The Labute approximate surface area is 213 Å². The fourth-order valence-corrected chi connectivity index (χ4v) is 4.98. The summed E-state index contributed by atoms with van der Waals surface area (Å²) in [4.78, 5) is 36.8. The number of carbonyl (C=O) groups excluding carboxylic acids is 3. The zero-order valence-electron chi connectivity index (χ0n) is 19.8. The lowest BCUT2D eigenvalue weighted by Crippen LogP contribution is -2.17. The molecule has 0 bridgehead atoms. The first-order chi connectivity index (χ1) is 17.0. The molecule has 0 aliphatic carbocycles. The molecule has 2 heterocycles. The van der Waals surface area contributed by atoms with Crippen molar-refractivity contribution in [1.29, 1.82) is 0 Å². The van der Waals surface area contributed by atoms with Crippen LogP contribution in [0.1, 0.15) is 51.4 Å². The molecule has 192 valence electrons. The van der Waals surface area contributed by atoms with E-state index >= 15 is 0 Å². The van der Waals surface area contributed by atoms with E-state index in [-0.39, 0.29) is 33.6 Å². The van der Waals surface area contributed by atoms with Crippen molar-refractivity contribution in [2.45, 2.75) is 32.0 Å². The van der Waals surface area contributed by atoms with Gasteiger partial charge in [0.2, 0.25) is 5.91 Å². The van der Waals surface area contributed by atoms with Crippen molar-refractivity contribution in [2.24, 2.45) is 12.8 Å². The molecule has 2 amide bonds. The predicted octanol–water partition coefficient (Wildman–Crippen LogP) is 3.61. The Morgan fingerprint density at radius 2 is 2.00 bits per heavy atom. The number of hydrogen-bond donors (Lipinski definition) is 2. The van der Waals surface area contributed by atoms with Crippen molar-refractivity contribution >= 4 is 45.9 Å². The summed E-state index contributed by atoms with van der Waals surface area (Å²) in [5.74, 6) is -3.32. The van der Waals surface area contributed by atoms with Crippen molar-refractivity contribution in [2.75, 3.05) is 17.7 Å². The Bertz CT molecular complexity index is 1310. The molecule has 3 N–H and O–H groups in total. The first-order valence-corrected chi connectivity index (χ1v) is 12.4. The highest BCUT2D eigenvalue weighted by atomic mass is 32.2. The van der Waals surface area contributed by atoms with Gasteiger partial charge in [-0.05, 0) is 38.5 Å². The molecule has 36 heavy (non-hydrogen) atoms. The number of halogens is 2. The molecule has 1 aromatic carbocycles. The molecule has 3 rings (SSSR count). The number of ether oxygens (including phenoxy) is 2. The second-order valence-corrected chi connectivity index (χ2v) is 9.38. The summed E-state index contributed by atoms with van der Waals surface area (Å²) in [7, 11) is 1.65. The molecule has 0 spiro atoms. The highest BCUT2D eigenvalue weighted by Gasteiger charge is 2.26. The number of aromatic nitrogens is 3. The Morgan fingerprint density at radius 1 is 1.28 bits per heavy atom. The SMILES string of the molecule is CCOC(=O)c1c(NC(=O)CSc2nnc(C(C)Oc3ccc(F)cc3F)n2C)sc(C(N)=O)c1C. The summed E-state index contributed by atoms with van der Waals surface area (Å²) in [6.07, 6.45) is -0.723. The molecule has 1 atom stereocenters. The summed E-state index contributed by atoms with van der Waals surface area (Å²) in [6.45, 7) is 4.93. The van der Waals surface area contributed by atoms with Gasteiger partial charge in [-0.3, -0.25) is 9.59 Å². The highest BCUT2D eigenvalue weighted by molar-refractivity contribution is 7.99. The van der Waals surface area contributed by atoms with E-state index in [0.717, 1.165) is 29.2 Å². The first kappa shape index (κ1) is 27.1. The highest BCUT2D eigenvalue weighted by Crippen LogP contribution is 2.34. The number of nitrogens with two attached hydrogens (primary N) is 1. The van der Waals surface area contributed by atoms with Crippen LogP contribution >= 0.6 is 23.1 Å². The summed E-state index contributed by atoms with van der Waals surface area (Å²) >= 11 is 1.95. The molecule has 3 aromatic rings. The van der Waals surface area contributed by atoms with E-state index < -0.39 is 35.5 Å². The van der Waals surface area contributed by atoms with E-state index in [1.54, 1.807) is 32.4 Å². The standard InChI is InChI=1S/C22H23F2N5O5S2/c1-5-33-21(32)16-10(2)17(18(25)31)36-20(16)26-15(30)9-35-22-28-27-19(29(22)4)11(3)34-14-7-6-12(23)8-13(14)24/h6-8,11H,5,9H2,1-4H3,(H2,25,31)(H,26,30). The van der Waals surface area contributed by atoms with E-state index in [0.29, 0.717) is 22.6 Å². The smallest absolute Gasteiger partial charge is 0.341 e. The van der Waals surface area contributed by atoms with Crippen molar-refractivity contribution in [1.82, 2.24) is 14.8 Å². The van der Waals surface area contributed by atoms with Crippen LogP contribution in [0.2, 0.25) is 0 Å². The number of anilines is 1. The van der Waals surface area contributed by atoms with Crippen LogP contribution in [0, 0.1) is 18.6 Å². The lowest BCUT2D eigenvalue weighted by Gasteiger charge is -2.14. The number of carbonyl (C=O) groups is 3. The van der Waals surface area contributed by atoms with Crippen molar-refractivity contribution < 1.29 is 32.6 Å². The van der Waals surface area contributed by atoms with Crippen molar-refractivity contribution in [3.63, 3.8) is 0 Å². The maximum Gasteiger partial charge on any atom is 0.341 e. The summed E-state index contributed by atoms with van der Waals surface area (Å²) in [5.41, 5.74) is 5.79. The third-order valence-electron chi connectivity index (χ3n) is 4.87. The topological polar surface area (TPSA) is 138 Å². The van der Waals surface area contributed by atoms with Gasteiger partial charge in [0.1, 0.15) is 10.8 Å². The molecule has 0 radical (unpaired) electrons. The van der Waals surface area contributed by atoms with Crippen LogP contribution in [0.25, 0.3) is 0 Å². The minimum atomic E-state index is -0.846. The van der Waals surface area contributed by atoms with Gasteiger partial charge in [0, 0.05) is 13.1 Å². The van der Waals surface area contributed by atoms with Crippen LogP contribution in [0.15, 0.2) is 23.4 Å². The number of benzene rings is 1. The van der Waals surface area contributed by atoms with E-state index in [1.165, 1.54) is 6.07 Å². The van der Waals surface area contributed by atoms with Gasteiger partial charge in [0.15, 0.2) is 28.7 Å². The quantitative estimate of drug-likeness (QED) is 0.294. The van der Waals surface area contributed by atoms with Crippen molar-refractivity contribution in [3.8, 4) is 5.75 Å². The fourth-order valence-electron chi connectivity index (χ4n) is 3.20.